The van der Waals surface area contributed by atoms with Crippen molar-refractivity contribution >= 4 is 17.3 Å². The number of aromatic nitrogens is 1. The largest absolute Gasteiger partial charge is 0.416 e. The van der Waals surface area contributed by atoms with Crippen molar-refractivity contribution in [3.63, 3.8) is 0 Å². The fourth-order valence-electron chi connectivity index (χ4n) is 2.18. The van der Waals surface area contributed by atoms with Crippen LogP contribution in [0.3, 0.4) is 0 Å². The smallest absolute Gasteiger partial charge is 0.352 e. The third-order valence-corrected chi connectivity index (χ3v) is 4.19. The van der Waals surface area contributed by atoms with E-state index in [0.717, 1.165) is 28.4 Å². The molecule has 2 rings (SSSR count). The summed E-state index contributed by atoms with van der Waals surface area (Å²) in [6.07, 6.45) is -4.31. The van der Waals surface area contributed by atoms with Gasteiger partial charge < -0.3 is 10.2 Å². The molecule has 0 radical (unpaired) electrons. The number of benzene rings is 1. The maximum atomic E-state index is 12.6. The Hall–Kier alpha value is -2.09. The van der Waals surface area contributed by atoms with Crippen molar-refractivity contribution in [2.75, 3.05) is 14.1 Å². The lowest BCUT2D eigenvalue weighted by Crippen LogP contribution is -2.38. The van der Waals surface area contributed by atoms with Crippen molar-refractivity contribution in [3.8, 4) is 0 Å². The first kappa shape index (κ1) is 18.3. The van der Waals surface area contributed by atoms with Crippen LogP contribution in [0.25, 0.3) is 0 Å². The van der Waals surface area contributed by atoms with E-state index in [4.69, 9.17) is 0 Å². The molecule has 1 aromatic heterocycles. The highest BCUT2D eigenvalue weighted by Crippen LogP contribution is 2.29. The molecule has 130 valence electrons. The number of aryl methyl sites for hydroxylation is 1. The molecule has 0 amide bonds. The first-order valence-electron chi connectivity index (χ1n) is 7.28. The van der Waals surface area contributed by atoms with Gasteiger partial charge in [0.2, 0.25) is 0 Å². The van der Waals surface area contributed by atoms with E-state index in [1.807, 2.05) is 24.3 Å². The van der Waals surface area contributed by atoms with Crippen molar-refractivity contribution in [2.45, 2.75) is 26.2 Å². The Balaban J connectivity index is 1.93. The third-order valence-electron chi connectivity index (χ3n) is 3.37. The van der Waals surface area contributed by atoms with Crippen LogP contribution in [0.2, 0.25) is 0 Å². The van der Waals surface area contributed by atoms with Gasteiger partial charge in [-0.2, -0.15) is 13.2 Å². The summed E-state index contributed by atoms with van der Waals surface area (Å²) in [5.74, 6) is 0.653. The van der Waals surface area contributed by atoms with Crippen molar-refractivity contribution in [1.29, 1.82) is 0 Å². The number of hydrogen-bond acceptors (Lipinski definition) is 3. The van der Waals surface area contributed by atoms with Gasteiger partial charge >= 0.3 is 6.18 Å². The maximum Gasteiger partial charge on any atom is 0.416 e. The summed E-state index contributed by atoms with van der Waals surface area (Å²) in [4.78, 5) is 10.5. The second kappa shape index (κ2) is 7.65. The van der Waals surface area contributed by atoms with Crippen molar-refractivity contribution in [1.82, 2.24) is 15.2 Å². The molecule has 0 bridgehead atoms. The Kier molecular flexibility index (Phi) is 5.82. The normalized spacial score (nSPS) is 12.3. The maximum absolute atomic E-state index is 12.6. The van der Waals surface area contributed by atoms with Crippen LogP contribution >= 0.6 is 11.3 Å². The molecule has 4 nitrogen and oxygen atoms in total. The van der Waals surface area contributed by atoms with Gasteiger partial charge in [-0.05, 0) is 24.6 Å². The Labute approximate surface area is 143 Å². The highest BCUT2D eigenvalue weighted by atomic mass is 32.1. The number of nitrogens with one attached hydrogen (secondary N) is 1. The van der Waals surface area contributed by atoms with Crippen LogP contribution in [0.1, 0.15) is 21.8 Å². The van der Waals surface area contributed by atoms with E-state index in [1.54, 1.807) is 18.4 Å². The second-order valence-corrected chi connectivity index (χ2v) is 6.37. The van der Waals surface area contributed by atoms with Crippen LogP contribution in [0.4, 0.5) is 13.2 Å². The van der Waals surface area contributed by atoms with Gasteiger partial charge in [0, 0.05) is 26.0 Å². The van der Waals surface area contributed by atoms with Gasteiger partial charge in [-0.3, -0.25) is 4.99 Å². The first-order valence-corrected chi connectivity index (χ1v) is 8.16. The summed E-state index contributed by atoms with van der Waals surface area (Å²) in [5, 5.41) is 6.14. The van der Waals surface area contributed by atoms with Crippen LogP contribution in [0.5, 0.6) is 0 Å². The molecule has 0 aliphatic carbocycles. The quantitative estimate of drug-likeness (QED) is 0.671. The zero-order valence-electron chi connectivity index (χ0n) is 13.7. The molecule has 0 saturated carbocycles. The monoisotopic (exact) mass is 356 g/mol. The molecule has 0 saturated heterocycles. The number of nitrogens with zero attached hydrogens (tertiary/aromatic N) is 3. The molecule has 0 atom stereocenters. The molecule has 1 heterocycles. The van der Waals surface area contributed by atoms with Crippen molar-refractivity contribution < 1.29 is 13.2 Å². The van der Waals surface area contributed by atoms with Crippen molar-refractivity contribution in [2.24, 2.45) is 4.99 Å². The zero-order valence-corrected chi connectivity index (χ0v) is 14.5. The first-order chi connectivity index (χ1) is 11.3. The van der Waals surface area contributed by atoms with Gasteiger partial charge in [-0.25, -0.2) is 4.98 Å². The van der Waals surface area contributed by atoms with E-state index >= 15 is 0 Å². The minimum atomic E-state index is -4.31. The Morgan fingerprint density at radius 3 is 2.46 bits per heavy atom. The molecule has 2 aromatic rings. The minimum absolute atomic E-state index is 0.394. The lowest BCUT2D eigenvalue weighted by Gasteiger charge is -2.21. The van der Waals surface area contributed by atoms with Gasteiger partial charge in [0.05, 0.1) is 22.8 Å². The number of thiazole rings is 1. The zero-order chi connectivity index (χ0) is 17.7. The number of alkyl halides is 3. The SMILES string of the molecule is CN=C(NCc1ccc(C(F)(F)F)cc1)N(C)Cc1csc(C)n1. The Morgan fingerprint density at radius 1 is 1.29 bits per heavy atom. The molecule has 0 aliphatic heterocycles. The molecule has 0 aliphatic rings. The lowest BCUT2D eigenvalue weighted by molar-refractivity contribution is -0.137. The molecule has 1 N–H and O–H groups in total. The minimum Gasteiger partial charge on any atom is -0.352 e. The fraction of sp³-hybridized carbons (Fsp3) is 0.375. The van der Waals surface area contributed by atoms with Gasteiger partial charge in [-0.15, -0.1) is 11.3 Å². The third kappa shape index (κ3) is 4.95. The van der Waals surface area contributed by atoms with Gasteiger partial charge in [0.1, 0.15) is 0 Å². The molecule has 0 unspecified atom stereocenters. The fourth-order valence-corrected chi connectivity index (χ4v) is 2.78. The molecule has 1 aromatic carbocycles. The van der Waals surface area contributed by atoms with Crippen LogP contribution < -0.4 is 5.32 Å². The Morgan fingerprint density at radius 2 is 1.96 bits per heavy atom. The summed E-state index contributed by atoms with van der Waals surface area (Å²) >= 11 is 1.59. The molecule has 0 spiro atoms. The second-order valence-electron chi connectivity index (χ2n) is 5.31. The standard InChI is InChI=1S/C16H19F3N4S/c1-11-22-14(10-24-11)9-23(3)15(20-2)21-8-12-4-6-13(7-5-12)16(17,18)19/h4-7,10H,8-9H2,1-3H3,(H,20,21). The van der Waals surface area contributed by atoms with Gasteiger partial charge in [0.25, 0.3) is 0 Å². The van der Waals surface area contributed by atoms with E-state index in [9.17, 15) is 13.2 Å². The Bertz CT molecular complexity index is 692. The van der Waals surface area contributed by atoms with Crippen LogP contribution in [0, 0.1) is 6.92 Å². The summed E-state index contributed by atoms with van der Waals surface area (Å²) < 4.78 is 37.7. The van der Waals surface area contributed by atoms with E-state index in [2.05, 4.69) is 15.3 Å². The van der Waals surface area contributed by atoms with E-state index < -0.39 is 11.7 Å². The van der Waals surface area contributed by atoms with E-state index in [1.165, 1.54) is 12.1 Å². The van der Waals surface area contributed by atoms with E-state index in [-0.39, 0.29) is 0 Å². The van der Waals surface area contributed by atoms with Crippen LogP contribution in [-0.4, -0.2) is 29.9 Å². The number of hydrogen-bond donors (Lipinski definition) is 1. The topological polar surface area (TPSA) is 40.5 Å². The summed E-state index contributed by atoms with van der Waals surface area (Å²) in [6.45, 7) is 2.95. The number of halogens is 3. The van der Waals surface area contributed by atoms with Crippen LogP contribution in [0.15, 0.2) is 34.6 Å². The summed E-state index contributed by atoms with van der Waals surface area (Å²) in [6, 6.07) is 5.10. The average Bonchev–Trinajstić information content (AvgIpc) is 2.92. The number of guanidine groups is 1. The predicted octanol–water partition coefficient (Wildman–Crippen LogP) is 3.68. The van der Waals surface area contributed by atoms with Gasteiger partial charge in [-0.1, -0.05) is 12.1 Å². The number of rotatable bonds is 4. The predicted molar refractivity (Wildman–Crippen MR) is 90.0 cm³/mol. The van der Waals surface area contributed by atoms with Gasteiger partial charge in [0.15, 0.2) is 5.96 Å². The lowest BCUT2D eigenvalue weighted by atomic mass is 10.1. The summed E-state index contributed by atoms with van der Waals surface area (Å²) in [7, 11) is 3.55. The van der Waals surface area contributed by atoms with Crippen LogP contribution in [-0.2, 0) is 19.3 Å². The highest BCUT2D eigenvalue weighted by molar-refractivity contribution is 7.09. The molecule has 8 heteroatoms. The molecular weight excluding hydrogens is 337 g/mol. The molecule has 0 fully saturated rings. The molecule has 24 heavy (non-hydrogen) atoms. The average molecular weight is 356 g/mol. The van der Waals surface area contributed by atoms with Crippen molar-refractivity contribution in [3.05, 3.63) is 51.5 Å². The summed E-state index contributed by atoms with van der Waals surface area (Å²) in [5.41, 5.74) is 1.06. The molecular formula is C16H19F3N4S. The number of aliphatic imine (C=N–C) groups is 1. The van der Waals surface area contributed by atoms with E-state index in [0.29, 0.717) is 19.0 Å². The highest BCUT2D eigenvalue weighted by Gasteiger charge is 2.29.